The van der Waals surface area contributed by atoms with Gasteiger partial charge in [0, 0.05) is 35.0 Å². The number of para-hydroxylation sites is 1. The van der Waals surface area contributed by atoms with Gasteiger partial charge in [-0.05, 0) is 6.07 Å². The molecule has 0 saturated heterocycles. The summed E-state index contributed by atoms with van der Waals surface area (Å²) in [5.74, 6) is 0.459. The van der Waals surface area contributed by atoms with Crippen LogP contribution in [0.25, 0.3) is 22.5 Å². The third kappa shape index (κ3) is 1.41. The zero-order chi connectivity index (χ0) is 11.1. The van der Waals surface area contributed by atoms with E-state index >= 15 is 0 Å². The van der Waals surface area contributed by atoms with Gasteiger partial charge in [0.1, 0.15) is 0 Å². The molecule has 0 atom stereocenters. The van der Waals surface area contributed by atoms with Crippen LogP contribution in [0.15, 0.2) is 28.7 Å². The molecule has 0 spiro atoms. The molecule has 5 nitrogen and oxygen atoms in total. The van der Waals surface area contributed by atoms with Crippen molar-refractivity contribution in [3.05, 3.63) is 28.2 Å². The van der Waals surface area contributed by atoms with Gasteiger partial charge in [-0.1, -0.05) is 18.2 Å². The maximum Gasteiger partial charge on any atom is 0.278 e. The van der Waals surface area contributed by atoms with E-state index in [0.29, 0.717) is 9.79 Å². The van der Waals surface area contributed by atoms with Gasteiger partial charge in [-0.25, -0.2) is 0 Å². The Labute approximate surface area is 105 Å². The van der Waals surface area contributed by atoms with Crippen molar-refractivity contribution in [1.29, 1.82) is 0 Å². The Morgan fingerprint density at radius 2 is 2.06 bits per heavy atom. The van der Waals surface area contributed by atoms with Crippen molar-refractivity contribution in [2.75, 3.05) is 0 Å². The summed E-state index contributed by atoms with van der Waals surface area (Å²) in [6.45, 7) is 0. The number of halogens is 1. The molecule has 0 bridgehead atoms. The molecule has 3 aromatic rings. The number of nitrogens with zero attached hydrogens (tertiary/aromatic N) is 4. The van der Waals surface area contributed by atoms with Crippen LogP contribution >= 0.6 is 22.6 Å². The normalized spacial score (nSPS) is 11.1. The van der Waals surface area contributed by atoms with E-state index in [1.807, 2.05) is 58.6 Å². The number of aryl methyl sites for hydroxylation is 1. The van der Waals surface area contributed by atoms with E-state index in [9.17, 15) is 0 Å². The number of hydrogen-bond donors (Lipinski definition) is 0. The van der Waals surface area contributed by atoms with E-state index < -0.39 is 0 Å². The highest BCUT2D eigenvalue weighted by Crippen LogP contribution is 2.26. The quantitative estimate of drug-likeness (QED) is 0.644. The van der Waals surface area contributed by atoms with Crippen LogP contribution in [0, 0.1) is 3.90 Å². The van der Waals surface area contributed by atoms with Crippen LogP contribution in [-0.2, 0) is 7.05 Å². The Hall–Kier alpha value is -1.44. The number of fused-ring (bicyclic) bond motifs is 1. The molecular weight excluding hydrogens is 319 g/mol. The van der Waals surface area contributed by atoms with Gasteiger partial charge in [0.2, 0.25) is 0 Å². The van der Waals surface area contributed by atoms with E-state index in [2.05, 4.69) is 15.3 Å². The van der Waals surface area contributed by atoms with Gasteiger partial charge in [0.25, 0.3) is 9.79 Å². The zero-order valence-electron chi connectivity index (χ0n) is 8.38. The second-order valence-electron chi connectivity index (χ2n) is 3.35. The minimum atomic E-state index is 0.459. The Morgan fingerprint density at radius 3 is 2.81 bits per heavy atom. The van der Waals surface area contributed by atoms with Crippen LogP contribution in [0.1, 0.15) is 0 Å². The summed E-state index contributed by atoms with van der Waals surface area (Å²) in [6.07, 6.45) is 0. The molecule has 0 aliphatic heterocycles. The monoisotopic (exact) mass is 326 g/mol. The lowest BCUT2D eigenvalue weighted by Gasteiger charge is -1.90. The lowest BCUT2D eigenvalue weighted by molar-refractivity contribution is 0.534. The first-order chi connectivity index (χ1) is 7.75. The molecule has 16 heavy (non-hydrogen) atoms. The number of rotatable bonds is 1. The Bertz CT molecular complexity index is 658. The molecule has 0 N–H and O–H groups in total. The van der Waals surface area contributed by atoms with Gasteiger partial charge in [-0.15, -0.1) is 10.2 Å². The van der Waals surface area contributed by atoms with Crippen LogP contribution in [0.2, 0.25) is 0 Å². The SMILES string of the molecule is Cn1nc(-c2nnc(I)o2)c2ccccc21. The Kier molecular flexibility index (Phi) is 2.16. The fraction of sp³-hybridized carbons (Fsp3) is 0.100. The maximum atomic E-state index is 5.38. The molecule has 3 rings (SSSR count). The van der Waals surface area contributed by atoms with E-state index in [1.54, 1.807) is 0 Å². The zero-order valence-corrected chi connectivity index (χ0v) is 10.5. The molecular formula is C10H7IN4O. The van der Waals surface area contributed by atoms with Crippen molar-refractivity contribution in [1.82, 2.24) is 20.0 Å². The first-order valence-corrected chi connectivity index (χ1v) is 5.74. The van der Waals surface area contributed by atoms with E-state index in [1.165, 1.54) is 0 Å². The molecule has 80 valence electrons. The molecule has 1 aromatic carbocycles. The van der Waals surface area contributed by atoms with Gasteiger partial charge in [0.05, 0.1) is 5.52 Å². The van der Waals surface area contributed by atoms with Crippen LogP contribution < -0.4 is 0 Å². The van der Waals surface area contributed by atoms with Crippen molar-refractivity contribution in [2.45, 2.75) is 0 Å². The summed E-state index contributed by atoms with van der Waals surface area (Å²) in [7, 11) is 1.90. The largest absolute Gasteiger partial charge is 0.410 e. The summed E-state index contributed by atoms with van der Waals surface area (Å²) < 4.78 is 7.70. The molecule has 0 aliphatic carbocycles. The van der Waals surface area contributed by atoms with E-state index in [0.717, 1.165) is 16.6 Å². The molecule has 2 aromatic heterocycles. The lowest BCUT2D eigenvalue weighted by atomic mass is 10.2. The second kappa shape index (κ2) is 3.55. The topological polar surface area (TPSA) is 56.7 Å². The lowest BCUT2D eigenvalue weighted by Crippen LogP contribution is -1.89. The first kappa shape index (κ1) is 9.76. The van der Waals surface area contributed by atoms with Crippen LogP contribution in [0.3, 0.4) is 0 Å². The van der Waals surface area contributed by atoms with E-state index in [-0.39, 0.29) is 0 Å². The fourth-order valence-electron chi connectivity index (χ4n) is 1.67. The van der Waals surface area contributed by atoms with Crippen LogP contribution in [-0.4, -0.2) is 20.0 Å². The highest BCUT2D eigenvalue weighted by Gasteiger charge is 2.15. The summed E-state index contributed by atoms with van der Waals surface area (Å²) in [5, 5.41) is 13.2. The van der Waals surface area contributed by atoms with Gasteiger partial charge in [0.15, 0.2) is 5.69 Å². The van der Waals surface area contributed by atoms with Crippen LogP contribution in [0.4, 0.5) is 0 Å². The smallest absolute Gasteiger partial charge is 0.278 e. The summed E-state index contributed by atoms with van der Waals surface area (Å²) in [5.41, 5.74) is 1.78. The molecule has 0 unspecified atom stereocenters. The van der Waals surface area contributed by atoms with Crippen molar-refractivity contribution in [3.63, 3.8) is 0 Å². The predicted octanol–water partition coefficient (Wildman–Crippen LogP) is 2.23. The maximum absolute atomic E-state index is 5.38. The summed E-state index contributed by atoms with van der Waals surface area (Å²) >= 11 is 1.98. The fourth-order valence-corrected chi connectivity index (χ4v) is 1.99. The number of hydrogen-bond acceptors (Lipinski definition) is 4. The summed E-state index contributed by atoms with van der Waals surface area (Å²) in [4.78, 5) is 0. The predicted molar refractivity (Wildman–Crippen MR) is 66.7 cm³/mol. The average molecular weight is 326 g/mol. The Morgan fingerprint density at radius 1 is 1.25 bits per heavy atom. The highest BCUT2D eigenvalue weighted by molar-refractivity contribution is 14.1. The van der Waals surface area contributed by atoms with Gasteiger partial charge in [-0.3, -0.25) is 4.68 Å². The van der Waals surface area contributed by atoms with E-state index in [4.69, 9.17) is 4.42 Å². The third-order valence-electron chi connectivity index (χ3n) is 2.36. The van der Waals surface area contributed by atoms with Gasteiger partial charge in [-0.2, -0.15) is 5.10 Å². The molecule has 0 fully saturated rings. The standard InChI is InChI=1S/C10H7IN4O/c1-15-7-5-3-2-4-6(7)8(14-15)9-12-13-10(11)16-9/h2-5H,1H3. The molecule has 2 heterocycles. The highest BCUT2D eigenvalue weighted by atomic mass is 127. The van der Waals surface area contributed by atoms with Gasteiger partial charge < -0.3 is 4.42 Å². The molecule has 0 radical (unpaired) electrons. The number of benzene rings is 1. The minimum Gasteiger partial charge on any atom is -0.410 e. The molecule has 0 aliphatic rings. The van der Waals surface area contributed by atoms with Crippen LogP contribution in [0.5, 0.6) is 0 Å². The summed E-state index contributed by atoms with van der Waals surface area (Å²) in [6, 6.07) is 7.95. The number of aromatic nitrogens is 4. The molecule has 6 heteroatoms. The van der Waals surface area contributed by atoms with Crippen molar-refractivity contribution in [3.8, 4) is 11.6 Å². The molecule has 0 saturated carbocycles. The average Bonchev–Trinajstić information content (AvgIpc) is 2.84. The first-order valence-electron chi connectivity index (χ1n) is 4.67. The Balaban J connectivity index is 2.32. The molecule has 0 amide bonds. The third-order valence-corrected chi connectivity index (χ3v) is 2.80. The van der Waals surface area contributed by atoms with Gasteiger partial charge >= 0.3 is 0 Å². The van der Waals surface area contributed by atoms with Crippen molar-refractivity contribution in [2.24, 2.45) is 7.05 Å². The minimum absolute atomic E-state index is 0.459. The second-order valence-corrected chi connectivity index (χ2v) is 4.27. The van der Waals surface area contributed by atoms with Crippen molar-refractivity contribution >= 4 is 33.5 Å². The van der Waals surface area contributed by atoms with Crippen molar-refractivity contribution < 1.29 is 4.42 Å².